The zero-order chi connectivity index (χ0) is 13.2. The predicted molar refractivity (Wildman–Crippen MR) is 73.1 cm³/mol. The third-order valence-electron chi connectivity index (χ3n) is 3.35. The van der Waals surface area contributed by atoms with Gasteiger partial charge in [-0.15, -0.1) is 0 Å². The lowest BCUT2D eigenvalue weighted by molar-refractivity contribution is 0.105. The first-order chi connectivity index (χ1) is 8.47. The number of aliphatic hydroxyl groups is 1. The van der Waals surface area contributed by atoms with Crippen molar-refractivity contribution in [3.8, 4) is 5.75 Å². The average Bonchev–Trinajstić information content (AvgIpc) is 2.92. The molecule has 0 bridgehead atoms. The van der Waals surface area contributed by atoms with Crippen molar-refractivity contribution >= 4 is 11.6 Å². The second kappa shape index (κ2) is 5.47. The maximum atomic E-state index is 9.81. The molecule has 1 aliphatic carbocycles. The fourth-order valence-corrected chi connectivity index (χ4v) is 2.08. The summed E-state index contributed by atoms with van der Waals surface area (Å²) in [5.41, 5.74) is 0.382. The van der Waals surface area contributed by atoms with Gasteiger partial charge in [-0.3, -0.25) is 0 Å². The number of hydrogen-bond acceptors (Lipinski definition) is 3. The third kappa shape index (κ3) is 3.87. The van der Waals surface area contributed by atoms with Gasteiger partial charge in [0, 0.05) is 17.6 Å². The summed E-state index contributed by atoms with van der Waals surface area (Å²) in [6, 6.07) is 7.72. The Hall–Kier alpha value is -0.770. The molecule has 2 atom stereocenters. The number of rotatable bonds is 6. The van der Waals surface area contributed by atoms with Crippen LogP contribution in [0.2, 0.25) is 5.02 Å². The summed E-state index contributed by atoms with van der Waals surface area (Å²) in [6.45, 7) is 5.29. The van der Waals surface area contributed by atoms with Crippen molar-refractivity contribution in [3.63, 3.8) is 0 Å². The van der Waals surface area contributed by atoms with E-state index < -0.39 is 6.10 Å². The minimum atomic E-state index is -0.500. The van der Waals surface area contributed by atoms with Crippen LogP contribution in [-0.4, -0.2) is 30.4 Å². The van der Waals surface area contributed by atoms with Crippen LogP contribution < -0.4 is 10.1 Å². The summed E-state index contributed by atoms with van der Waals surface area (Å²) in [6.07, 6.45) is 0.676. The summed E-state index contributed by atoms with van der Waals surface area (Å²) in [4.78, 5) is 0. The van der Waals surface area contributed by atoms with E-state index in [1.54, 1.807) is 12.1 Å². The van der Waals surface area contributed by atoms with Gasteiger partial charge in [0.2, 0.25) is 0 Å². The smallest absolute Gasteiger partial charge is 0.120 e. The van der Waals surface area contributed by atoms with Gasteiger partial charge in [0.15, 0.2) is 0 Å². The Bertz CT molecular complexity index is 409. The molecule has 0 radical (unpaired) electrons. The van der Waals surface area contributed by atoms with E-state index in [2.05, 4.69) is 19.2 Å². The van der Waals surface area contributed by atoms with Gasteiger partial charge in [-0.2, -0.15) is 0 Å². The fraction of sp³-hybridized carbons (Fsp3) is 0.571. The summed E-state index contributed by atoms with van der Waals surface area (Å²) in [5.74, 6) is 0.688. The maximum absolute atomic E-state index is 9.81. The Morgan fingerprint density at radius 1 is 1.56 bits per heavy atom. The van der Waals surface area contributed by atoms with Crippen LogP contribution in [0.15, 0.2) is 24.3 Å². The van der Waals surface area contributed by atoms with Crippen LogP contribution >= 0.6 is 11.6 Å². The number of ether oxygens (including phenoxy) is 1. The van der Waals surface area contributed by atoms with Crippen molar-refractivity contribution in [1.29, 1.82) is 0 Å². The first-order valence-electron chi connectivity index (χ1n) is 6.27. The van der Waals surface area contributed by atoms with E-state index in [0.717, 1.165) is 0 Å². The van der Waals surface area contributed by atoms with Crippen LogP contribution in [0.25, 0.3) is 0 Å². The average molecular weight is 270 g/mol. The monoisotopic (exact) mass is 269 g/mol. The minimum Gasteiger partial charge on any atom is -0.491 e. The van der Waals surface area contributed by atoms with Crippen molar-refractivity contribution in [2.75, 3.05) is 13.2 Å². The Kier molecular flexibility index (Phi) is 4.15. The molecule has 1 fully saturated rings. The van der Waals surface area contributed by atoms with E-state index in [-0.39, 0.29) is 6.61 Å². The molecule has 1 saturated carbocycles. The van der Waals surface area contributed by atoms with Crippen LogP contribution in [0.4, 0.5) is 0 Å². The predicted octanol–water partition coefficient (Wildman–Crippen LogP) is 2.47. The topological polar surface area (TPSA) is 41.5 Å². The lowest BCUT2D eigenvalue weighted by atomic mass is 10.2. The van der Waals surface area contributed by atoms with Crippen LogP contribution in [0.5, 0.6) is 5.75 Å². The number of nitrogens with one attached hydrogen (secondary N) is 1. The molecule has 2 N–H and O–H groups in total. The standard InChI is InChI=1S/C14H20ClNO2/c1-14(2)7-13(14)16-8-11(17)9-18-12-5-3-4-10(15)6-12/h3-6,11,13,16-17H,7-9H2,1-2H3. The lowest BCUT2D eigenvalue weighted by Crippen LogP contribution is -2.34. The minimum absolute atomic E-state index is 0.278. The molecule has 1 aliphatic rings. The second-order valence-electron chi connectivity index (χ2n) is 5.58. The van der Waals surface area contributed by atoms with Crippen molar-refractivity contribution < 1.29 is 9.84 Å². The molecule has 0 saturated heterocycles. The molecular weight excluding hydrogens is 250 g/mol. The zero-order valence-electron chi connectivity index (χ0n) is 10.8. The van der Waals surface area contributed by atoms with E-state index in [1.807, 2.05) is 12.1 Å². The van der Waals surface area contributed by atoms with Gasteiger partial charge in [0.25, 0.3) is 0 Å². The van der Waals surface area contributed by atoms with Gasteiger partial charge in [0.1, 0.15) is 18.5 Å². The quantitative estimate of drug-likeness (QED) is 0.834. The summed E-state index contributed by atoms with van der Waals surface area (Å²) in [7, 11) is 0. The number of halogens is 1. The Morgan fingerprint density at radius 3 is 2.89 bits per heavy atom. The molecular formula is C14H20ClNO2. The number of benzene rings is 1. The van der Waals surface area contributed by atoms with Gasteiger partial charge < -0.3 is 15.2 Å². The second-order valence-corrected chi connectivity index (χ2v) is 6.01. The summed E-state index contributed by atoms with van der Waals surface area (Å²) < 4.78 is 5.48. The third-order valence-corrected chi connectivity index (χ3v) is 3.59. The number of aliphatic hydroxyl groups excluding tert-OH is 1. The highest BCUT2D eigenvalue weighted by Gasteiger charge is 2.45. The van der Waals surface area contributed by atoms with Crippen LogP contribution in [0.1, 0.15) is 20.3 Å². The van der Waals surface area contributed by atoms with E-state index in [4.69, 9.17) is 16.3 Å². The Balaban J connectivity index is 1.67. The maximum Gasteiger partial charge on any atom is 0.120 e. The van der Waals surface area contributed by atoms with E-state index >= 15 is 0 Å². The first-order valence-corrected chi connectivity index (χ1v) is 6.65. The zero-order valence-corrected chi connectivity index (χ0v) is 11.6. The van der Waals surface area contributed by atoms with Crippen molar-refractivity contribution in [2.45, 2.75) is 32.4 Å². The Morgan fingerprint density at radius 2 is 2.28 bits per heavy atom. The van der Waals surface area contributed by atoms with Gasteiger partial charge in [-0.25, -0.2) is 0 Å². The van der Waals surface area contributed by atoms with Crippen molar-refractivity contribution in [3.05, 3.63) is 29.3 Å². The van der Waals surface area contributed by atoms with E-state index in [1.165, 1.54) is 6.42 Å². The molecule has 0 amide bonds. The first kappa shape index (κ1) is 13.7. The molecule has 0 aliphatic heterocycles. The molecule has 1 aromatic rings. The molecule has 100 valence electrons. The largest absolute Gasteiger partial charge is 0.491 e. The molecule has 0 heterocycles. The molecule has 0 aromatic heterocycles. The van der Waals surface area contributed by atoms with E-state index in [0.29, 0.717) is 28.8 Å². The molecule has 4 heteroatoms. The van der Waals surface area contributed by atoms with Gasteiger partial charge in [-0.05, 0) is 30.0 Å². The molecule has 18 heavy (non-hydrogen) atoms. The van der Waals surface area contributed by atoms with Gasteiger partial charge in [-0.1, -0.05) is 31.5 Å². The van der Waals surface area contributed by atoms with E-state index in [9.17, 15) is 5.11 Å². The van der Waals surface area contributed by atoms with Crippen molar-refractivity contribution in [1.82, 2.24) is 5.32 Å². The van der Waals surface area contributed by atoms with Crippen LogP contribution in [-0.2, 0) is 0 Å². The number of hydrogen-bond donors (Lipinski definition) is 2. The highest BCUT2D eigenvalue weighted by Crippen LogP contribution is 2.44. The lowest BCUT2D eigenvalue weighted by Gasteiger charge is -2.14. The summed E-state index contributed by atoms with van der Waals surface area (Å²) in [5, 5.41) is 13.8. The molecule has 1 aromatic carbocycles. The molecule has 3 nitrogen and oxygen atoms in total. The van der Waals surface area contributed by atoms with Gasteiger partial charge >= 0.3 is 0 Å². The SMILES string of the molecule is CC1(C)CC1NCC(O)COc1cccc(Cl)c1. The molecule has 0 spiro atoms. The molecule has 2 unspecified atom stereocenters. The fourth-order valence-electron chi connectivity index (χ4n) is 1.90. The Labute approximate surface area is 113 Å². The summed E-state index contributed by atoms with van der Waals surface area (Å²) >= 11 is 5.85. The van der Waals surface area contributed by atoms with Crippen molar-refractivity contribution in [2.24, 2.45) is 5.41 Å². The highest BCUT2D eigenvalue weighted by molar-refractivity contribution is 6.30. The van der Waals surface area contributed by atoms with Crippen LogP contribution in [0, 0.1) is 5.41 Å². The normalized spacial score (nSPS) is 22.6. The van der Waals surface area contributed by atoms with Crippen LogP contribution in [0.3, 0.4) is 0 Å². The van der Waals surface area contributed by atoms with Gasteiger partial charge in [0.05, 0.1) is 0 Å². The highest BCUT2D eigenvalue weighted by atomic mass is 35.5. The molecule has 2 rings (SSSR count).